The van der Waals surface area contributed by atoms with E-state index in [9.17, 15) is 9.59 Å². The van der Waals surface area contributed by atoms with Crippen molar-refractivity contribution in [1.29, 1.82) is 0 Å². The van der Waals surface area contributed by atoms with Crippen LogP contribution < -0.4 is 20.3 Å². The lowest BCUT2D eigenvalue weighted by molar-refractivity contribution is 0.0947. The van der Waals surface area contributed by atoms with E-state index in [-0.39, 0.29) is 18.3 Å². The number of benzene rings is 1. The number of carbonyl (C=O) groups excluding carboxylic acids is 1. The molecule has 148 valence electrons. The zero-order valence-corrected chi connectivity index (χ0v) is 15.6. The van der Waals surface area contributed by atoms with E-state index < -0.39 is 0 Å². The molecule has 1 aromatic carbocycles. The summed E-state index contributed by atoms with van der Waals surface area (Å²) in [5.41, 5.74) is 2.56. The van der Waals surface area contributed by atoms with Gasteiger partial charge in [-0.2, -0.15) is 5.10 Å². The second kappa shape index (κ2) is 7.08. The highest BCUT2D eigenvalue weighted by molar-refractivity contribution is 5.93. The Kier molecular flexibility index (Phi) is 4.27. The van der Waals surface area contributed by atoms with Gasteiger partial charge >= 0.3 is 0 Å². The highest BCUT2D eigenvalue weighted by Gasteiger charge is 2.25. The van der Waals surface area contributed by atoms with Crippen molar-refractivity contribution < 1.29 is 14.3 Å². The number of rotatable bonds is 6. The fraction of sp³-hybridized carbons (Fsp3) is 0.300. The second-order valence-corrected chi connectivity index (χ2v) is 7.11. The first-order chi connectivity index (χ1) is 14.2. The summed E-state index contributed by atoms with van der Waals surface area (Å²) in [6, 6.07) is 8.75. The fourth-order valence-corrected chi connectivity index (χ4v) is 3.24. The first-order valence-electron chi connectivity index (χ1n) is 9.47. The van der Waals surface area contributed by atoms with Gasteiger partial charge in [-0.05, 0) is 37.1 Å². The third kappa shape index (κ3) is 3.58. The molecule has 2 N–H and O–H groups in total. The van der Waals surface area contributed by atoms with Crippen molar-refractivity contribution in [3.63, 3.8) is 0 Å². The molecule has 0 unspecified atom stereocenters. The molecule has 0 saturated heterocycles. The number of aromatic nitrogens is 4. The number of hydrogen-bond acceptors (Lipinski definition) is 6. The minimum atomic E-state index is -0.292. The number of H-pyrrole nitrogens is 1. The van der Waals surface area contributed by atoms with Crippen LogP contribution in [0.1, 0.15) is 34.9 Å². The molecule has 3 aromatic rings. The molecule has 0 spiro atoms. The molecule has 0 atom stereocenters. The summed E-state index contributed by atoms with van der Waals surface area (Å²) in [7, 11) is 0. The number of ether oxygens (including phenoxy) is 2. The van der Waals surface area contributed by atoms with Gasteiger partial charge < -0.3 is 14.8 Å². The SMILES string of the molecule is O=C(NCCn1cnc(C2CC2)cc1=O)c1cc(-c2ccc3c(c2)OCO3)n[nH]1. The van der Waals surface area contributed by atoms with E-state index in [0.717, 1.165) is 24.1 Å². The number of fused-ring (bicyclic) bond motifs is 1. The molecular weight excluding hydrogens is 374 g/mol. The van der Waals surface area contributed by atoms with Gasteiger partial charge in [0.25, 0.3) is 11.5 Å². The summed E-state index contributed by atoms with van der Waals surface area (Å²) < 4.78 is 12.2. The lowest BCUT2D eigenvalue weighted by Gasteiger charge is -2.07. The van der Waals surface area contributed by atoms with E-state index >= 15 is 0 Å². The van der Waals surface area contributed by atoms with Crippen LogP contribution in [0.5, 0.6) is 11.5 Å². The summed E-state index contributed by atoms with van der Waals surface area (Å²) in [6.45, 7) is 0.863. The molecule has 2 aliphatic rings. The Morgan fingerprint density at radius 3 is 2.90 bits per heavy atom. The summed E-state index contributed by atoms with van der Waals surface area (Å²) in [4.78, 5) is 28.8. The van der Waals surface area contributed by atoms with Crippen LogP contribution >= 0.6 is 0 Å². The van der Waals surface area contributed by atoms with Gasteiger partial charge in [0, 0.05) is 30.6 Å². The van der Waals surface area contributed by atoms with Crippen LogP contribution in [0, 0.1) is 0 Å². The van der Waals surface area contributed by atoms with Crippen LogP contribution in [-0.2, 0) is 6.54 Å². The Morgan fingerprint density at radius 2 is 2.07 bits per heavy atom. The van der Waals surface area contributed by atoms with Gasteiger partial charge in [0.15, 0.2) is 11.5 Å². The van der Waals surface area contributed by atoms with Crippen molar-refractivity contribution in [3.05, 3.63) is 58.4 Å². The fourth-order valence-electron chi connectivity index (χ4n) is 3.24. The van der Waals surface area contributed by atoms with Crippen molar-refractivity contribution in [2.75, 3.05) is 13.3 Å². The zero-order chi connectivity index (χ0) is 19.8. The molecule has 1 aliphatic carbocycles. The summed E-state index contributed by atoms with van der Waals surface area (Å²) in [6.07, 6.45) is 3.76. The molecule has 9 nitrogen and oxygen atoms in total. The number of nitrogens with zero attached hydrogens (tertiary/aromatic N) is 3. The maximum Gasteiger partial charge on any atom is 0.269 e. The Hall–Kier alpha value is -3.62. The lowest BCUT2D eigenvalue weighted by Crippen LogP contribution is -2.31. The molecule has 1 aliphatic heterocycles. The average molecular weight is 393 g/mol. The molecule has 3 heterocycles. The summed E-state index contributed by atoms with van der Waals surface area (Å²) >= 11 is 0. The number of hydrogen-bond donors (Lipinski definition) is 2. The molecule has 0 bridgehead atoms. The van der Waals surface area contributed by atoms with Crippen LogP contribution in [0.4, 0.5) is 0 Å². The van der Waals surface area contributed by atoms with E-state index in [1.54, 1.807) is 18.5 Å². The topological polar surface area (TPSA) is 111 Å². The zero-order valence-electron chi connectivity index (χ0n) is 15.6. The standard InChI is InChI=1S/C20H19N5O4/c26-19-9-14(12-1-2-12)22-10-25(19)6-5-21-20(27)16-8-15(23-24-16)13-3-4-17-18(7-13)29-11-28-17/h3-4,7-10,12H,1-2,5-6,11H2,(H,21,27)(H,23,24). The summed E-state index contributed by atoms with van der Waals surface area (Å²) in [5, 5.41) is 9.73. The van der Waals surface area contributed by atoms with Crippen LogP contribution in [0.2, 0.25) is 0 Å². The highest BCUT2D eigenvalue weighted by atomic mass is 16.7. The summed E-state index contributed by atoms with van der Waals surface area (Å²) in [5.74, 6) is 1.50. The Bertz CT molecular complexity index is 1130. The molecule has 29 heavy (non-hydrogen) atoms. The second-order valence-electron chi connectivity index (χ2n) is 7.11. The number of aromatic amines is 1. The van der Waals surface area contributed by atoms with Gasteiger partial charge in [0.2, 0.25) is 6.79 Å². The van der Waals surface area contributed by atoms with E-state index in [1.807, 2.05) is 18.2 Å². The normalized spacial score (nSPS) is 14.8. The van der Waals surface area contributed by atoms with Gasteiger partial charge in [-0.25, -0.2) is 4.98 Å². The van der Waals surface area contributed by atoms with Gasteiger partial charge in [0.1, 0.15) is 5.69 Å². The molecule has 2 aromatic heterocycles. The smallest absolute Gasteiger partial charge is 0.269 e. The Balaban J connectivity index is 1.20. The number of carbonyl (C=O) groups is 1. The van der Waals surface area contributed by atoms with Crippen LogP contribution in [0.3, 0.4) is 0 Å². The third-order valence-corrected chi connectivity index (χ3v) is 5.03. The van der Waals surface area contributed by atoms with E-state index in [1.165, 1.54) is 4.57 Å². The average Bonchev–Trinajstić information content (AvgIpc) is 3.26. The van der Waals surface area contributed by atoms with Crippen LogP contribution in [0.25, 0.3) is 11.3 Å². The van der Waals surface area contributed by atoms with E-state index in [2.05, 4.69) is 20.5 Å². The van der Waals surface area contributed by atoms with Crippen molar-refractivity contribution in [3.8, 4) is 22.8 Å². The first kappa shape index (κ1) is 17.5. The Labute approximate surface area is 165 Å². The quantitative estimate of drug-likeness (QED) is 0.659. The number of nitrogens with one attached hydrogen (secondary N) is 2. The lowest BCUT2D eigenvalue weighted by atomic mass is 10.1. The third-order valence-electron chi connectivity index (χ3n) is 5.03. The highest BCUT2D eigenvalue weighted by Crippen LogP contribution is 2.38. The van der Waals surface area contributed by atoms with Crippen molar-refractivity contribution in [2.24, 2.45) is 0 Å². The Morgan fingerprint density at radius 1 is 1.21 bits per heavy atom. The molecule has 5 rings (SSSR count). The first-order valence-corrected chi connectivity index (χ1v) is 9.47. The molecule has 0 radical (unpaired) electrons. The minimum Gasteiger partial charge on any atom is -0.454 e. The van der Waals surface area contributed by atoms with E-state index in [4.69, 9.17) is 9.47 Å². The van der Waals surface area contributed by atoms with Crippen LogP contribution in [0.15, 0.2) is 41.5 Å². The predicted molar refractivity (Wildman–Crippen MR) is 103 cm³/mol. The van der Waals surface area contributed by atoms with Crippen molar-refractivity contribution >= 4 is 5.91 Å². The predicted octanol–water partition coefficient (Wildman–Crippen LogP) is 1.67. The molecule has 1 amide bonds. The molecule has 1 fully saturated rings. The largest absolute Gasteiger partial charge is 0.454 e. The molecular formula is C20H19N5O4. The maximum atomic E-state index is 12.4. The van der Waals surface area contributed by atoms with Crippen molar-refractivity contribution in [2.45, 2.75) is 25.3 Å². The van der Waals surface area contributed by atoms with Crippen LogP contribution in [-0.4, -0.2) is 39.0 Å². The van der Waals surface area contributed by atoms with Gasteiger partial charge in [-0.15, -0.1) is 0 Å². The van der Waals surface area contributed by atoms with Gasteiger partial charge in [-0.3, -0.25) is 19.3 Å². The maximum absolute atomic E-state index is 12.4. The van der Waals surface area contributed by atoms with Crippen molar-refractivity contribution in [1.82, 2.24) is 25.1 Å². The van der Waals surface area contributed by atoms with E-state index in [0.29, 0.717) is 41.9 Å². The monoisotopic (exact) mass is 393 g/mol. The van der Waals surface area contributed by atoms with Gasteiger partial charge in [-0.1, -0.05) is 0 Å². The molecule has 9 heteroatoms. The number of amides is 1. The minimum absolute atomic E-state index is 0.0946. The van der Waals surface area contributed by atoms with Gasteiger partial charge in [0.05, 0.1) is 17.7 Å². The molecule has 1 saturated carbocycles.